The Morgan fingerprint density at radius 3 is 2.94 bits per heavy atom. The zero-order valence-electron chi connectivity index (χ0n) is 9.90. The highest BCUT2D eigenvalue weighted by Crippen LogP contribution is 2.36. The molecule has 1 aliphatic heterocycles. The lowest BCUT2D eigenvalue weighted by Crippen LogP contribution is -2.43. The average molecular weight is 232 g/mol. The monoisotopic (exact) mass is 232 g/mol. The summed E-state index contributed by atoms with van der Waals surface area (Å²) >= 11 is 0. The Morgan fingerprint density at radius 2 is 2.24 bits per heavy atom. The van der Waals surface area contributed by atoms with Gasteiger partial charge in [-0.1, -0.05) is 0 Å². The molecule has 0 saturated heterocycles. The third-order valence-corrected chi connectivity index (χ3v) is 3.58. The summed E-state index contributed by atoms with van der Waals surface area (Å²) in [5.41, 5.74) is 7.39. The number of hydrogen-bond donors (Lipinski definition) is 1. The first kappa shape index (κ1) is 10.6. The summed E-state index contributed by atoms with van der Waals surface area (Å²) < 4.78 is 5.45. The van der Waals surface area contributed by atoms with Crippen LogP contribution >= 0.6 is 0 Å². The Bertz CT molecular complexity index is 480. The average Bonchev–Trinajstić information content (AvgIpc) is 2.93. The molecule has 0 aromatic heterocycles. The summed E-state index contributed by atoms with van der Waals surface area (Å²) in [5.74, 6) is 0.944. The van der Waals surface area contributed by atoms with Crippen LogP contribution in [0.4, 0.5) is 5.69 Å². The van der Waals surface area contributed by atoms with E-state index in [-0.39, 0.29) is 5.91 Å². The van der Waals surface area contributed by atoms with Gasteiger partial charge in [0.05, 0.1) is 12.1 Å². The lowest BCUT2D eigenvalue weighted by atomic mass is 10.1. The van der Waals surface area contributed by atoms with E-state index in [1.807, 2.05) is 18.2 Å². The normalized spacial score (nSPS) is 19.4. The zero-order chi connectivity index (χ0) is 12.0. The minimum atomic E-state index is -0.607. The first-order valence-corrected chi connectivity index (χ1v) is 5.93. The van der Waals surface area contributed by atoms with Gasteiger partial charge >= 0.3 is 0 Å². The number of ether oxygens (including phenoxy) is 1. The lowest BCUT2D eigenvalue weighted by molar-refractivity contribution is -0.120. The predicted octanol–water partition coefficient (Wildman–Crippen LogP) is 1.08. The van der Waals surface area contributed by atoms with Crippen molar-refractivity contribution in [1.29, 1.82) is 0 Å². The topological polar surface area (TPSA) is 55.6 Å². The maximum absolute atomic E-state index is 12.1. The van der Waals surface area contributed by atoms with E-state index in [1.54, 1.807) is 11.9 Å². The van der Waals surface area contributed by atoms with Gasteiger partial charge in [-0.05, 0) is 36.6 Å². The second kappa shape index (κ2) is 3.47. The zero-order valence-corrected chi connectivity index (χ0v) is 9.90. The van der Waals surface area contributed by atoms with Crippen LogP contribution in [0.3, 0.4) is 0 Å². The summed E-state index contributed by atoms with van der Waals surface area (Å²) in [4.78, 5) is 13.8. The van der Waals surface area contributed by atoms with Gasteiger partial charge in [0.25, 0.3) is 0 Å². The minimum absolute atomic E-state index is 0.0105. The van der Waals surface area contributed by atoms with E-state index in [4.69, 9.17) is 10.5 Å². The number of nitrogens with two attached hydrogens (primary N) is 1. The van der Waals surface area contributed by atoms with Gasteiger partial charge in [0.2, 0.25) is 5.91 Å². The van der Waals surface area contributed by atoms with Crippen molar-refractivity contribution in [3.8, 4) is 5.75 Å². The fraction of sp³-hybridized carbons (Fsp3) is 0.462. The molecule has 1 aliphatic carbocycles. The van der Waals surface area contributed by atoms with Crippen LogP contribution in [-0.4, -0.2) is 25.1 Å². The molecule has 2 aliphatic rings. The van der Waals surface area contributed by atoms with Crippen LogP contribution in [0.25, 0.3) is 0 Å². The number of carbonyl (C=O) groups is 1. The van der Waals surface area contributed by atoms with Crippen molar-refractivity contribution in [1.82, 2.24) is 0 Å². The Labute approximate surface area is 100 Å². The van der Waals surface area contributed by atoms with E-state index >= 15 is 0 Å². The number of fused-ring (bicyclic) bond motifs is 1. The summed E-state index contributed by atoms with van der Waals surface area (Å²) in [6.07, 6.45) is 2.51. The molecule has 0 spiro atoms. The number of rotatable bonds is 2. The van der Waals surface area contributed by atoms with E-state index in [2.05, 4.69) is 0 Å². The molecule has 1 saturated carbocycles. The number of nitrogens with zero attached hydrogens (tertiary/aromatic N) is 1. The molecule has 0 atom stereocenters. The lowest BCUT2D eigenvalue weighted by Gasteiger charge is -2.21. The first-order chi connectivity index (χ1) is 8.10. The predicted molar refractivity (Wildman–Crippen MR) is 65.2 cm³/mol. The second-order valence-corrected chi connectivity index (χ2v) is 4.91. The third kappa shape index (κ3) is 1.69. The van der Waals surface area contributed by atoms with Gasteiger partial charge in [-0.3, -0.25) is 4.79 Å². The molecule has 1 aromatic rings. The SMILES string of the molecule is CN(C(=O)C1(N)CC1)c1ccc2c(c1)CCO2. The Hall–Kier alpha value is -1.55. The number of anilines is 1. The van der Waals surface area contributed by atoms with Crippen molar-refractivity contribution in [3.63, 3.8) is 0 Å². The summed E-state index contributed by atoms with van der Waals surface area (Å²) in [5, 5.41) is 0. The van der Waals surface area contributed by atoms with Crippen LogP contribution in [0.15, 0.2) is 18.2 Å². The van der Waals surface area contributed by atoms with Crippen LogP contribution in [-0.2, 0) is 11.2 Å². The number of benzene rings is 1. The van der Waals surface area contributed by atoms with Gasteiger partial charge in [0.15, 0.2) is 0 Å². The summed E-state index contributed by atoms with van der Waals surface area (Å²) in [6, 6.07) is 5.86. The van der Waals surface area contributed by atoms with Gasteiger partial charge in [0, 0.05) is 19.2 Å². The van der Waals surface area contributed by atoms with Crippen LogP contribution in [0.2, 0.25) is 0 Å². The maximum atomic E-state index is 12.1. The van der Waals surface area contributed by atoms with E-state index < -0.39 is 5.54 Å². The third-order valence-electron chi connectivity index (χ3n) is 3.58. The molecule has 1 aromatic carbocycles. The molecule has 1 amide bonds. The maximum Gasteiger partial charge on any atom is 0.246 e. The largest absolute Gasteiger partial charge is 0.493 e. The number of hydrogen-bond acceptors (Lipinski definition) is 3. The fourth-order valence-corrected chi connectivity index (χ4v) is 2.18. The molecule has 1 heterocycles. The molecule has 0 unspecified atom stereocenters. The molecule has 2 N–H and O–H groups in total. The fourth-order valence-electron chi connectivity index (χ4n) is 2.18. The molecule has 0 radical (unpaired) electrons. The molecule has 90 valence electrons. The van der Waals surface area contributed by atoms with E-state index in [0.29, 0.717) is 0 Å². The van der Waals surface area contributed by atoms with Gasteiger partial charge in [-0.2, -0.15) is 0 Å². The molecule has 17 heavy (non-hydrogen) atoms. The van der Waals surface area contributed by atoms with E-state index in [0.717, 1.165) is 37.3 Å². The number of amides is 1. The van der Waals surface area contributed by atoms with Crippen molar-refractivity contribution in [2.24, 2.45) is 5.73 Å². The second-order valence-electron chi connectivity index (χ2n) is 4.91. The van der Waals surface area contributed by atoms with Crippen molar-refractivity contribution in [3.05, 3.63) is 23.8 Å². The molecule has 4 heteroatoms. The molecule has 4 nitrogen and oxygen atoms in total. The standard InChI is InChI=1S/C13H16N2O2/c1-15(12(16)13(14)5-6-13)10-2-3-11-9(8-10)4-7-17-11/h2-3,8H,4-7,14H2,1H3. The highest BCUT2D eigenvalue weighted by molar-refractivity contribution is 6.01. The highest BCUT2D eigenvalue weighted by atomic mass is 16.5. The van der Waals surface area contributed by atoms with E-state index in [1.165, 1.54) is 5.56 Å². The van der Waals surface area contributed by atoms with Crippen LogP contribution in [0.1, 0.15) is 18.4 Å². The number of likely N-dealkylation sites (N-methyl/N-ethyl adjacent to an activating group) is 1. The van der Waals surface area contributed by atoms with Crippen LogP contribution < -0.4 is 15.4 Å². The minimum Gasteiger partial charge on any atom is -0.493 e. The highest BCUT2D eigenvalue weighted by Gasteiger charge is 2.47. The van der Waals surface area contributed by atoms with Gasteiger partial charge < -0.3 is 15.4 Å². The van der Waals surface area contributed by atoms with Crippen LogP contribution in [0.5, 0.6) is 5.75 Å². The quantitative estimate of drug-likeness (QED) is 0.830. The summed E-state index contributed by atoms with van der Waals surface area (Å²) in [6.45, 7) is 0.733. The molecular weight excluding hydrogens is 216 g/mol. The van der Waals surface area contributed by atoms with Crippen molar-refractivity contribution >= 4 is 11.6 Å². The van der Waals surface area contributed by atoms with Gasteiger partial charge in [-0.25, -0.2) is 0 Å². The van der Waals surface area contributed by atoms with E-state index in [9.17, 15) is 4.79 Å². The first-order valence-electron chi connectivity index (χ1n) is 5.93. The molecule has 1 fully saturated rings. The number of carbonyl (C=O) groups excluding carboxylic acids is 1. The van der Waals surface area contributed by atoms with Gasteiger partial charge in [0.1, 0.15) is 5.75 Å². The smallest absolute Gasteiger partial charge is 0.246 e. The Morgan fingerprint density at radius 1 is 1.47 bits per heavy atom. The van der Waals surface area contributed by atoms with Gasteiger partial charge in [-0.15, -0.1) is 0 Å². The molecule has 3 rings (SSSR count). The Kier molecular flexibility index (Phi) is 2.16. The van der Waals surface area contributed by atoms with Crippen LogP contribution in [0, 0.1) is 0 Å². The van der Waals surface area contributed by atoms with Crippen molar-refractivity contribution < 1.29 is 9.53 Å². The molecule has 0 bridgehead atoms. The van der Waals surface area contributed by atoms with Crippen molar-refractivity contribution in [2.75, 3.05) is 18.6 Å². The molecular formula is C13H16N2O2. The Balaban J connectivity index is 1.86. The van der Waals surface area contributed by atoms with Crippen molar-refractivity contribution in [2.45, 2.75) is 24.8 Å². The summed E-state index contributed by atoms with van der Waals surface area (Å²) in [7, 11) is 1.78.